The number of nitrogens with one attached hydrogen (secondary N) is 1. The molecule has 0 spiro atoms. The monoisotopic (exact) mass is 498 g/mol. The van der Waals surface area contributed by atoms with Gasteiger partial charge in [0.2, 0.25) is 5.91 Å². The molecule has 0 aliphatic heterocycles. The fourth-order valence-corrected chi connectivity index (χ4v) is 5.46. The number of amides is 1. The number of carboxylic acids is 1. The first-order valence-corrected chi connectivity index (χ1v) is 12.2. The van der Waals surface area contributed by atoms with Crippen LogP contribution in [0.1, 0.15) is 39.2 Å². The summed E-state index contributed by atoms with van der Waals surface area (Å²) < 4.78 is 0. The maximum Gasteiger partial charge on any atom is 0.326 e. The van der Waals surface area contributed by atoms with Gasteiger partial charge in [0.1, 0.15) is 6.04 Å². The number of pyridine rings is 1. The second kappa shape index (κ2) is 9.55. The summed E-state index contributed by atoms with van der Waals surface area (Å²) in [6.07, 6.45) is 1.95. The number of rotatable bonds is 6. The minimum Gasteiger partial charge on any atom is -0.480 e. The first-order chi connectivity index (χ1) is 16.1. The molecule has 2 N–H and O–H groups in total. The highest BCUT2D eigenvalue weighted by Gasteiger charge is 2.45. The van der Waals surface area contributed by atoms with Gasteiger partial charge in [0.05, 0.1) is 21.3 Å². The Labute approximate surface area is 209 Å². The van der Waals surface area contributed by atoms with Gasteiger partial charge < -0.3 is 10.4 Å². The molecule has 0 unspecified atom stereocenters. The third-order valence-electron chi connectivity index (χ3n) is 7.40. The van der Waals surface area contributed by atoms with Gasteiger partial charge in [-0.2, -0.15) is 0 Å². The van der Waals surface area contributed by atoms with Crippen LogP contribution < -0.4 is 5.32 Å². The number of hydrogen-bond donors (Lipinski definition) is 2. The van der Waals surface area contributed by atoms with Crippen LogP contribution in [0.3, 0.4) is 0 Å². The van der Waals surface area contributed by atoms with E-state index in [9.17, 15) is 14.7 Å². The lowest BCUT2D eigenvalue weighted by molar-refractivity contribution is -0.143. The maximum atomic E-state index is 12.9. The van der Waals surface area contributed by atoms with E-state index in [1.165, 1.54) is 0 Å². The Bertz CT molecular complexity index is 1240. The third-order valence-corrected chi connectivity index (χ3v) is 8.03. The van der Waals surface area contributed by atoms with Gasteiger partial charge in [-0.15, -0.1) is 0 Å². The number of nitrogens with zero attached hydrogens (tertiary/aromatic N) is 1. The summed E-state index contributed by atoms with van der Waals surface area (Å²) in [7, 11) is 0. The number of carbonyl (C=O) groups excluding carboxylic acids is 1. The fourth-order valence-electron chi connectivity index (χ4n) is 4.86. The number of halogens is 2. The van der Waals surface area contributed by atoms with Crippen LogP contribution in [-0.2, 0) is 16.0 Å². The van der Waals surface area contributed by atoms with Gasteiger partial charge in [0, 0.05) is 23.3 Å². The van der Waals surface area contributed by atoms with Gasteiger partial charge >= 0.3 is 5.97 Å². The molecule has 1 aliphatic rings. The molecule has 1 aliphatic carbocycles. The van der Waals surface area contributed by atoms with Crippen molar-refractivity contribution in [1.82, 2.24) is 10.3 Å². The fraction of sp³-hybridized carbons (Fsp3) is 0.370. The first kappa shape index (κ1) is 24.5. The zero-order valence-corrected chi connectivity index (χ0v) is 21.0. The van der Waals surface area contributed by atoms with Gasteiger partial charge in [-0.25, -0.2) is 9.78 Å². The van der Waals surface area contributed by atoms with Gasteiger partial charge in [-0.1, -0.05) is 62.2 Å². The maximum absolute atomic E-state index is 12.9. The van der Waals surface area contributed by atoms with Crippen LogP contribution >= 0.6 is 23.2 Å². The van der Waals surface area contributed by atoms with Gasteiger partial charge in [-0.05, 0) is 60.1 Å². The Balaban J connectivity index is 1.54. The van der Waals surface area contributed by atoms with Crippen molar-refractivity contribution in [2.24, 2.45) is 17.3 Å². The Morgan fingerprint density at radius 3 is 2.44 bits per heavy atom. The number of hydrogen-bond acceptors (Lipinski definition) is 3. The van der Waals surface area contributed by atoms with Crippen molar-refractivity contribution < 1.29 is 14.7 Å². The van der Waals surface area contributed by atoms with Crippen molar-refractivity contribution >= 4 is 46.0 Å². The van der Waals surface area contributed by atoms with Gasteiger partial charge in [0.25, 0.3) is 0 Å². The van der Waals surface area contributed by atoms with E-state index in [-0.39, 0.29) is 23.7 Å². The molecule has 0 radical (unpaired) electrons. The second-order valence-electron chi connectivity index (χ2n) is 9.78. The van der Waals surface area contributed by atoms with E-state index < -0.39 is 12.0 Å². The standard InChI is InChI=1S/C27H28Cl2N2O3/c1-15-7-10-18(27(15,2)3)25(32)31-23(26(33)34)14-16-8-11-21-17(13-16)9-12-22(30-21)24-19(28)5-4-6-20(24)29/h4-6,8-9,11-13,15,18,23H,7,10,14H2,1-3H3,(H,31,32)(H,33,34)/t15-,18-,23+/m1/s1. The number of carboxylic acid groups (broad SMARTS) is 1. The van der Waals surface area contributed by atoms with Crippen LogP contribution in [0.2, 0.25) is 10.0 Å². The zero-order valence-electron chi connectivity index (χ0n) is 19.4. The summed E-state index contributed by atoms with van der Waals surface area (Å²) in [5.41, 5.74) is 2.75. The summed E-state index contributed by atoms with van der Waals surface area (Å²) >= 11 is 12.7. The molecular weight excluding hydrogens is 471 g/mol. The van der Waals surface area contributed by atoms with E-state index >= 15 is 0 Å². The van der Waals surface area contributed by atoms with E-state index in [4.69, 9.17) is 28.2 Å². The van der Waals surface area contributed by atoms with Crippen LogP contribution in [-0.4, -0.2) is 28.0 Å². The molecule has 4 rings (SSSR count). The Kier molecular flexibility index (Phi) is 6.88. The summed E-state index contributed by atoms with van der Waals surface area (Å²) in [6.45, 7) is 6.33. The van der Waals surface area contributed by atoms with Crippen molar-refractivity contribution in [2.45, 2.75) is 46.1 Å². The van der Waals surface area contributed by atoms with Crippen LogP contribution in [0.5, 0.6) is 0 Å². The smallest absolute Gasteiger partial charge is 0.326 e. The van der Waals surface area contributed by atoms with Crippen molar-refractivity contribution in [1.29, 1.82) is 0 Å². The number of benzene rings is 2. The molecule has 178 valence electrons. The van der Waals surface area contributed by atoms with E-state index in [0.29, 0.717) is 27.2 Å². The number of carbonyl (C=O) groups is 2. The van der Waals surface area contributed by atoms with Crippen LogP contribution in [0.15, 0.2) is 48.5 Å². The molecule has 7 heteroatoms. The molecule has 34 heavy (non-hydrogen) atoms. The minimum absolute atomic E-state index is 0.149. The second-order valence-corrected chi connectivity index (χ2v) is 10.6. The highest BCUT2D eigenvalue weighted by molar-refractivity contribution is 6.39. The largest absolute Gasteiger partial charge is 0.480 e. The molecule has 3 aromatic rings. The van der Waals surface area contributed by atoms with Gasteiger partial charge in [0.15, 0.2) is 0 Å². The quantitative estimate of drug-likeness (QED) is 0.412. The molecule has 1 amide bonds. The van der Waals surface area contributed by atoms with E-state index in [1.807, 2.05) is 30.3 Å². The summed E-state index contributed by atoms with van der Waals surface area (Å²) in [5, 5.41) is 14.5. The first-order valence-electron chi connectivity index (χ1n) is 11.4. The van der Waals surface area contributed by atoms with E-state index in [2.05, 4.69) is 26.1 Å². The Morgan fingerprint density at radius 1 is 1.12 bits per heavy atom. The zero-order chi connectivity index (χ0) is 24.6. The molecule has 1 heterocycles. The normalized spacial score (nSPS) is 20.3. The molecule has 2 aromatic carbocycles. The molecule has 1 fully saturated rings. The topological polar surface area (TPSA) is 79.3 Å². The van der Waals surface area contributed by atoms with Crippen LogP contribution in [0.4, 0.5) is 0 Å². The van der Waals surface area contributed by atoms with Crippen LogP contribution in [0.25, 0.3) is 22.2 Å². The summed E-state index contributed by atoms with van der Waals surface area (Å²) in [6, 6.07) is 13.7. The Hall–Kier alpha value is -2.63. The average molecular weight is 499 g/mol. The molecule has 1 saturated carbocycles. The lowest BCUT2D eigenvalue weighted by Crippen LogP contribution is -2.47. The Morgan fingerprint density at radius 2 is 1.82 bits per heavy atom. The number of fused-ring (bicyclic) bond motifs is 1. The molecule has 5 nitrogen and oxygen atoms in total. The lowest BCUT2D eigenvalue weighted by Gasteiger charge is -2.31. The molecule has 3 atom stereocenters. The third kappa shape index (κ3) is 4.77. The van der Waals surface area contributed by atoms with Crippen molar-refractivity contribution in [3.8, 4) is 11.3 Å². The van der Waals surface area contributed by atoms with Gasteiger partial charge in [-0.3, -0.25) is 4.79 Å². The van der Waals surface area contributed by atoms with E-state index in [0.717, 1.165) is 29.3 Å². The predicted octanol–water partition coefficient (Wildman–Crippen LogP) is 6.39. The number of aliphatic carboxylic acids is 1. The average Bonchev–Trinajstić information content (AvgIpc) is 3.05. The van der Waals surface area contributed by atoms with Crippen molar-refractivity contribution in [3.05, 3.63) is 64.1 Å². The molecule has 1 aromatic heterocycles. The highest BCUT2D eigenvalue weighted by atomic mass is 35.5. The van der Waals surface area contributed by atoms with E-state index in [1.54, 1.807) is 18.2 Å². The predicted molar refractivity (Wildman–Crippen MR) is 136 cm³/mol. The number of aromatic nitrogens is 1. The molecular formula is C27H28Cl2N2O3. The minimum atomic E-state index is -1.04. The molecule has 0 saturated heterocycles. The molecule has 0 bridgehead atoms. The summed E-state index contributed by atoms with van der Waals surface area (Å²) in [5.74, 6) is -0.977. The van der Waals surface area contributed by atoms with Crippen LogP contribution in [0, 0.1) is 17.3 Å². The lowest BCUT2D eigenvalue weighted by atomic mass is 9.76. The van der Waals surface area contributed by atoms with Crippen molar-refractivity contribution in [2.75, 3.05) is 0 Å². The van der Waals surface area contributed by atoms with Crippen molar-refractivity contribution in [3.63, 3.8) is 0 Å². The summed E-state index contributed by atoms with van der Waals surface area (Å²) in [4.78, 5) is 29.6. The highest BCUT2D eigenvalue weighted by Crippen LogP contribution is 2.47. The SMILES string of the molecule is C[C@@H]1CC[C@H](C(=O)N[C@@H](Cc2ccc3nc(-c4c(Cl)cccc4Cl)ccc3c2)C(=O)O)C1(C)C.